The molecular weight excluding hydrogens is 384 g/mol. The van der Waals surface area contributed by atoms with Crippen LogP contribution in [-0.2, 0) is 0 Å². The lowest BCUT2D eigenvalue weighted by atomic mass is 9.87. The third-order valence-electron chi connectivity index (χ3n) is 6.23. The molecule has 0 bridgehead atoms. The number of nitrogens with zero attached hydrogens (tertiary/aromatic N) is 3. The van der Waals surface area contributed by atoms with Crippen molar-refractivity contribution in [3.05, 3.63) is 84.2 Å². The van der Waals surface area contributed by atoms with E-state index in [0.717, 1.165) is 59.5 Å². The van der Waals surface area contributed by atoms with Crippen LogP contribution in [0.3, 0.4) is 0 Å². The molecule has 1 aliphatic rings. The van der Waals surface area contributed by atoms with Gasteiger partial charge >= 0.3 is 0 Å². The normalized spacial score (nSPS) is 15.6. The minimum Gasteiger partial charge on any atom is -0.388 e. The molecule has 2 aromatic carbocycles. The molecule has 1 unspecified atom stereocenters. The Bertz CT molecular complexity index is 1230. The number of nitriles is 1. The molecule has 0 amide bonds. The van der Waals surface area contributed by atoms with Crippen LogP contribution in [0.2, 0.25) is 0 Å². The predicted octanol–water partition coefficient (Wildman–Crippen LogP) is 4.57. The number of aliphatic hydroxyl groups is 1. The zero-order valence-electron chi connectivity index (χ0n) is 17.2. The molecule has 4 aromatic rings. The van der Waals surface area contributed by atoms with Crippen LogP contribution in [0.15, 0.2) is 73.1 Å². The molecule has 1 aliphatic heterocycles. The fourth-order valence-corrected chi connectivity index (χ4v) is 4.39. The minimum absolute atomic E-state index is 0.323. The van der Waals surface area contributed by atoms with Crippen molar-refractivity contribution < 1.29 is 5.11 Å². The maximum atomic E-state index is 10.8. The highest BCUT2D eigenvalue weighted by Crippen LogP contribution is 2.31. The number of imidazole rings is 1. The van der Waals surface area contributed by atoms with Crippen molar-refractivity contribution >= 4 is 5.65 Å². The second-order valence-electron chi connectivity index (χ2n) is 8.13. The summed E-state index contributed by atoms with van der Waals surface area (Å²) in [5.41, 5.74) is 6.69. The number of hydrogen-bond donors (Lipinski definition) is 2. The van der Waals surface area contributed by atoms with Crippen molar-refractivity contribution in [2.75, 3.05) is 13.1 Å². The Morgan fingerprint density at radius 3 is 2.32 bits per heavy atom. The third-order valence-corrected chi connectivity index (χ3v) is 6.23. The van der Waals surface area contributed by atoms with Crippen LogP contribution >= 0.6 is 0 Å². The fraction of sp³-hybridized carbons (Fsp3) is 0.231. The molecular formula is C26H24N4O. The van der Waals surface area contributed by atoms with Crippen molar-refractivity contribution in [3.63, 3.8) is 0 Å². The Morgan fingerprint density at radius 2 is 1.61 bits per heavy atom. The molecule has 5 nitrogen and oxygen atoms in total. The molecule has 0 saturated carbocycles. The van der Waals surface area contributed by atoms with Gasteiger partial charge in [-0.05, 0) is 72.8 Å². The summed E-state index contributed by atoms with van der Waals surface area (Å²) in [5, 5.41) is 23.1. The van der Waals surface area contributed by atoms with Crippen LogP contribution < -0.4 is 5.32 Å². The van der Waals surface area contributed by atoms with Gasteiger partial charge in [-0.15, -0.1) is 0 Å². The number of nitrogens with one attached hydrogen (secondary N) is 1. The molecule has 2 aromatic heterocycles. The first-order chi connectivity index (χ1) is 15.2. The first-order valence-corrected chi connectivity index (χ1v) is 10.7. The number of pyridine rings is 1. The SMILES string of the molecule is N#Cc1ccc(-c2cnc3ccc(-c4ccc(C(O)C5CCNCC5)cc4)cn23)cc1. The van der Waals surface area contributed by atoms with E-state index in [1.54, 1.807) is 0 Å². The smallest absolute Gasteiger partial charge is 0.137 e. The summed E-state index contributed by atoms with van der Waals surface area (Å²) < 4.78 is 2.08. The van der Waals surface area contributed by atoms with Gasteiger partial charge in [0.2, 0.25) is 0 Å². The highest BCUT2D eigenvalue weighted by molar-refractivity contribution is 5.69. The second-order valence-corrected chi connectivity index (χ2v) is 8.13. The van der Waals surface area contributed by atoms with E-state index in [9.17, 15) is 5.11 Å². The van der Waals surface area contributed by atoms with Gasteiger partial charge in [0.25, 0.3) is 0 Å². The Labute approximate surface area is 181 Å². The number of aliphatic hydroxyl groups excluding tert-OH is 1. The van der Waals surface area contributed by atoms with Crippen LogP contribution in [-0.4, -0.2) is 27.6 Å². The lowest BCUT2D eigenvalue weighted by Gasteiger charge is -2.27. The summed E-state index contributed by atoms with van der Waals surface area (Å²) in [4.78, 5) is 4.52. The van der Waals surface area contributed by atoms with E-state index < -0.39 is 6.10 Å². The van der Waals surface area contributed by atoms with E-state index >= 15 is 0 Å². The Hall–Kier alpha value is -3.46. The zero-order valence-corrected chi connectivity index (χ0v) is 17.2. The summed E-state index contributed by atoms with van der Waals surface area (Å²) >= 11 is 0. The molecule has 0 spiro atoms. The summed E-state index contributed by atoms with van der Waals surface area (Å²) in [6, 6.07) is 22.0. The van der Waals surface area contributed by atoms with Crippen LogP contribution in [0.25, 0.3) is 28.0 Å². The highest BCUT2D eigenvalue weighted by Gasteiger charge is 2.22. The first-order valence-electron chi connectivity index (χ1n) is 10.7. The number of piperidine rings is 1. The largest absolute Gasteiger partial charge is 0.388 e. The molecule has 0 aliphatic carbocycles. The molecule has 1 saturated heterocycles. The van der Waals surface area contributed by atoms with Crippen molar-refractivity contribution in [1.29, 1.82) is 5.26 Å². The van der Waals surface area contributed by atoms with Gasteiger partial charge in [0.1, 0.15) is 5.65 Å². The molecule has 1 fully saturated rings. The lowest BCUT2D eigenvalue weighted by molar-refractivity contribution is 0.0889. The molecule has 1 atom stereocenters. The average Bonchev–Trinajstić information content (AvgIpc) is 3.27. The fourth-order valence-electron chi connectivity index (χ4n) is 4.39. The monoisotopic (exact) mass is 408 g/mol. The Kier molecular flexibility index (Phi) is 5.25. The van der Waals surface area contributed by atoms with Gasteiger partial charge in [-0.2, -0.15) is 5.26 Å². The third kappa shape index (κ3) is 3.84. The molecule has 5 rings (SSSR count). The Balaban J connectivity index is 1.44. The van der Waals surface area contributed by atoms with Gasteiger partial charge in [-0.25, -0.2) is 4.98 Å². The quantitative estimate of drug-likeness (QED) is 0.519. The van der Waals surface area contributed by atoms with E-state index in [1.165, 1.54) is 0 Å². The molecule has 0 radical (unpaired) electrons. The van der Waals surface area contributed by atoms with Gasteiger partial charge in [0.15, 0.2) is 0 Å². The minimum atomic E-state index is -0.407. The van der Waals surface area contributed by atoms with E-state index in [1.807, 2.05) is 48.7 Å². The van der Waals surface area contributed by atoms with Crippen molar-refractivity contribution in [1.82, 2.24) is 14.7 Å². The summed E-state index contributed by atoms with van der Waals surface area (Å²) in [6.45, 7) is 1.96. The number of rotatable bonds is 4. The average molecular weight is 409 g/mol. The van der Waals surface area contributed by atoms with E-state index in [-0.39, 0.29) is 0 Å². The van der Waals surface area contributed by atoms with E-state index in [4.69, 9.17) is 5.26 Å². The van der Waals surface area contributed by atoms with E-state index in [2.05, 4.69) is 45.2 Å². The number of benzene rings is 2. The predicted molar refractivity (Wildman–Crippen MR) is 121 cm³/mol. The van der Waals surface area contributed by atoms with Crippen LogP contribution in [0.4, 0.5) is 0 Å². The van der Waals surface area contributed by atoms with Gasteiger partial charge in [0.05, 0.1) is 29.6 Å². The number of hydrogen-bond acceptors (Lipinski definition) is 4. The van der Waals surface area contributed by atoms with Crippen LogP contribution in [0.1, 0.15) is 30.1 Å². The van der Waals surface area contributed by atoms with Gasteiger partial charge in [-0.3, -0.25) is 4.40 Å². The van der Waals surface area contributed by atoms with Gasteiger partial charge < -0.3 is 10.4 Å². The van der Waals surface area contributed by atoms with Crippen molar-refractivity contribution in [2.45, 2.75) is 18.9 Å². The number of fused-ring (bicyclic) bond motifs is 1. The van der Waals surface area contributed by atoms with Crippen LogP contribution in [0, 0.1) is 17.2 Å². The van der Waals surface area contributed by atoms with Crippen molar-refractivity contribution in [2.24, 2.45) is 5.92 Å². The molecule has 2 N–H and O–H groups in total. The lowest BCUT2D eigenvalue weighted by Crippen LogP contribution is -2.30. The maximum Gasteiger partial charge on any atom is 0.137 e. The molecule has 5 heteroatoms. The number of aromatic nitrogens is 2. The second kappa shape index (κ2) is 8.35. The highest BCUT2D eigenvalue weighted by atomic mass is 16.3. The summed E-state index contributed by atoms with van der Waals surface area (Å²) in [6.07, 6.45) is 5.57. The van der Waals surface area contributed by atoms with Gasteiger partial charge in [0, 0.05) is 11.8 Å². The molecule has 154 valence electrons. The zero-order chi connectivity index (χ0) is 21.2. The topological polar surface area (TPSA) is 73.3 Å². The molecule has 31 heavy (non-hydrogen) atoms. The standard InChI is InChI=1S/C26H24N4O/c27-15-18-1-3-20(4-2-18)24-16-29-25-10-9-23(17-30(24)25)19-5-7-21(8-6-19)26(31)22-11-13-28-14-12-22/h1-10,16-17,22,26,28,31H,11-14H2. The van der Waals surface area contributed by atoms with Gasteiger partial charge in [-0.1, -0.05) is 36.4 Å². The molecule has 3 heterocycles. The van der Waals surface area contributed by atoms with Crippen molar-refractivity contribution in [3.8, 4) is 28.5 Å². The van der Waals surface area contributed by atoms with E-state index in [0.29, 0.717) is 11.5 Å². The summed E-state index contributed by atoms with van der Waals surface area (Å²) in [5.74, 6) is 0.323. The Morgan fingerprint density at radius 1 is 0.935 bits per heavy atom. The summed E-state index contributed by atoms with van der Waals surface area (Å²) in [7, 11) is 0. The van der Waals surface area contributed by atoms with Crippen LogP contribution in [0.5, 0.6) is 0 Å². The maximum absolute atomic E-state index is 10.8. The first kappa shape index (κ1) is 19.5.